The fourth-order valence-electron chi connectivity index (χ4n) is 1.95. The number of carbonyl (C=O) groups is 2. The zero-order chi connectivity index (χ0) is 14.3. The summed E-state index contributed by atoms with van der Waals surface area (Å²) in [6, 6.07) is 9.06. The number of aryl methyl sites for hydroxylation is 1. The highest BCUT2D eigenvalue weighted by molar-refractivity contribution is 6.27. The van der Waals surface area contributed by atoms with E-state index in [0.717, 1.165) is 0 Å². The van der Waals surface area contributed by atoms with Crippen LogP contribution in [0.1, 0.15) is 23.6 Å². The van der Waals surface area contributed by atoms with E-state index >= 15 is 0 Å². The van der Waals surface area contributed by atoms with Gasteiger partial charge in [-0.15, -0.1) is 6.42 Å². The molecule has 0 heterocycles. The minimum atomic E-state index is -1.82. The lowest BCUT2D eigenvalue weighted by Gasteiger charge is -2.10. The van der Waals surface area contributed by atoms with Gasteiger partial charge in [0.1, 0.15) is 0 Å². The summed E-state index contributed by atoms with van der Waals surface area (Å²) in [5.41, 5.74) is 2.90. The molecule has 1 aromatic carbocycles. The normalized spacial score (nSPS) is 15.6. The lowest BCUT2D eigenvalue weighted by Crippen LogP contribution is -2.19. The van der Waals surface area contributed by atoms with Gasteiger partial charge < -0.3 is 10.2 Å². The third-order valence-electron chi connectivity index (χ3n) is 2.77. The highest BCUT2D eigenvalue weighted by Gasteiger charge is 2.20. The number of hydrogen-bond acceptors (Lipinski definition) is 3. The van der Waals surface area contributed by atoms with Gasteiger partial charge in [-0.3, -0.25) is 5.32 Å². The molecule has 2 rings (SSSR count). The number of fused-ring (bicyclic) bond motifs is 1. The SMILES string of the molecule is C#CCNC1CCc2ccccc21.O=C(O)C(=O)O. The molecule has 19 heavy (non-hydrogen) atoms. The Morgan fingerprint density at radius 3 is 2.53 bits per heavy atom. The largest absolute Gasteiger partial charge is 0.473 e. The summed E-state index contributed by atoms with van der Waals surface area (Å²) >= 11 is 0. The van der Waals surface area contributed by atoms with Crippen LogP contribution in [0.2, 0.25) is 0 Å². The maximum Gasteiger partial charge on any atom is 0.414 e. The van der Waals surface area contributed by atoms with Crippen molar-refractivity contribution >= 4 is 11.9 Å². The van der Waals surface area contributed by atoms with E-state index in [0.29, 0.717) is 12.6 Å². The van der Waals surface area contributed by atoms with Gasteiger partial charge in [-0.2, -0.15) is 0 Å². The number of aliphatic carboxylic acids is 2. The summed E-state index contributed by atoms with van der Waals surface area (Å²) in [5, 5.41) is 18.1. The summed E-state index contributed by atoms with van der Waals surface area (Å²) in [4.78, 5) is 18.2. The molecule has 0 spiro atoms. The fraction of sp³-hybridized carbons (Fsp3) is 0.286. The maximum atomic E-state index is 9.10. The molecule has 5 nitrogen and oxygen atoms in total. The second kappa shape index (κ2) is 7.19. The van der Waals surface area contributed by atoms with Gasteiger partial charge in [0.25, 0.3) is 0 Å². The van der Waals surface area contributed by atoms with E-state index in [-0.39, 0.29) is 0 Å². The summed E-state index contributed by atoms with van der Waals surface area (Å²) in [7, 11) is 0. The van der Waals surface area contributed by atoms with Gasteiger partial charge in [0.15, 0.2) is 0 Å². The molecule has 0 saturated heterocycles. The van der Waals surface area contributed by atoms with Gasteiger partial charge in [-0.1, -0.05) is 30.2 Å². The molecule has 1 atom stereocenters. The highest BCUT2D eigenvalue weighted by atomic mass is 16.4. The van der Waals surface area contributed by atoms with Gasteiger partial charge >= 0.3 is 11.9 Å². The predicted molar refractivity (Wildman–Crippen MR) is 69.6 cm³/mol. The van der Waals surface area contributed by atoms with E-state index in [1.165, 1.54) is 24.0 Å². The topological polar surface area (TPSA) is 86.6 Å². The molecule has 1 unspecified atom stereocenters. The molecular weight excluding hydrogens is 246 g/mol. The lowest BCUT2D eigenvalue weighted by atomic mass is 10.1. The van der Waals surface area contributed by atoms with Gasteiger partial charge in [-0.05, 0) is 24.0 Å². The molecule has 0 aromatic heterocycles. The van der Waals surface area contributed by atoms with Crippen molar-refractivity contribution in [3.05, 3.63) is 35.4 Å². The van der Waals surface area contributed by atoms with Crippen molar-refractivity contribution in [2.75, 3.05) is 6.54 Å². The molecule has 1 aliphatic carbocycles. The second-order valence-electron chi connectivity index (χ2n) is 3.99. The molecule has 0 fully saturated rings. The number of carboxylic acid groups (broad SMARTS) is 2. The van der Waals surface area contributed by atoms with E-state index in [2.05, 4.69) is 35.5 Å². The molecule has 0 aliphatic heterocycles. The summed E-state index contributed by atoms with van der Waals surface area (Å²) in [6.45, 7) is 0.666. The average molecular weight is 261 g/mol. The van der Waals surface area contributed by atoms with Gasteiger partial charge in [0.2, 0.25) is 0 Å². The predicted octanol–water partition coefficient (Wildman–Crippen LogP) is 1.05. The van der Waals surface area contributed by atoms with Crippen LogP contribution in [0.15, 0.2) is 24.3 Å². The quantitative estimate of drug-likeness (QED) is 0.547. The van der Waals surface area contributed by atoms with E-state index in [4.69, 9.17) is 26.2 Å². The number of terminal acetylenes is 1. The first-order valence-electron chi connectivity index (χ1n) is 5.77. The van der Waals surface area contributed by atoms with Crippen molar-refractivity contribution in [1.29, 1.82) is 0 Å². The van der Waals surface area contributed by atoms with E-state index in [1.807, 2.05) is 0 Å². The zero-order valence-corrected chi connectivity index (χ0v) is 10.3. The van der Waals surface area contributed by atoms with Crippen molar-refractivity contribution in [3.63, 3.8) is 0 Å². The number of nitrogens with one attached hydrogen (secondary N) is 1. The number of carboxylic acids is 2. The third-order valence-corrected chi connectivity index (χ3v) is 2.77. The number of benzene rings is 1. The van der Waals surface area contributed by atoms with Gasteiger partial charge in [0.05, 0.1) is 6.54 Å². The monoisotopic (exact) mass is 261 g/mol. The minimum absolute atomic E-state index is 0.479. The van der Waals surface area contributed by atoms with E-state index < -0.39 is 11.9 Å². The van der Waals surface area contributed by atoms with Crippen molar-refractivity contribution in [1.82, 2.24) is 5.32 Å². The fourth-order valence-corrected chi connectivity index (χ4v) is 1.95. The number of rotatable bonds is 2. The zero-order valence-electron chi connectivity index (χ0n) is 10.3. The van der Waals surface area contributed by atoms with Gasteiger partial charge in [0, 0.05) is 6.04 Å². The first-order valence-corrected chi connectivity index (χ1v) is 5.77. The first kappa shape index (κ1) is 14.7. The van der Waals surface area contributed by atoms with Crippen LogP contribution in [0, 0.1) is 12.3 Å². The average Bonchev–Trinajstić information content (AvgIpc) is 2.80. The van der Waals surface area contributed by atoms with Crippen LogP contribution >= 0.6 is 0 Å². The Labute approximate surface area is 111 Å². The first-order chi connectivity index (χ1) is 9.06. The van der Waals surface area contributed by atoms with Crippen molar-refractivity contribution in [2.45, 2.75) is 18.9 Å². The second-order valence-corrected chi connectivity index (χ2v) is 3.99. The van der Waals surface area contributed by atoms with Crippen LogP contribution in [0.3, 0.4) is 0 Å². The Bertz CT molecular complexity index is 492. The molecule has 1 aliphatic rings. The summed E-state index contributed by atoms with van der Waals surface area (Å²) in [5.74, 6) is -1.03. The van der Waals surface area contributed by atoms with Crippen LogP contribution in [-0.2, 0) is 16.0 Å². The van der Waals surface area contributed by atoms with Crippen molar-refractivity contribution in [3.8, 4) is 12.3 Å². The van der Waals surface area contributed by atoms with Crippen molar-refractivity contribution in [2.24, 2.45) is 0 Å². The maximum absolute atomic E-state index is 9.10. The molecule has 0 saturated carbocycles. The van der Waals surface area contributed by atoms with Crippen LogP contribution in [0.5, 0.6) is 0 Å². The van der Waals surface area contributed by atoms with Crippen LogP contribution in [-0.4, -0.2) is 28.7 Å². The third kappa shape index (κ3) is 4.45. The lowest BCUT2D eigenvalue weighted by molar-refractivity contribution is -0.159. The number of hydrogen-bond donors (Lipinski definition) is 3. The minimum Gasteiger partial charge on any atom is -0.473 e. The molecule has 1 aromatic rings. The van der Waals surface area contributed by atoms with Gasteiger partial charge in [-0.25, -0.2) is 9.59 Å². The molecule has 0 amide bonds. The van der Waals surface area contributed by atoms with Crippen molar-refractivity contribution < 1.29 is 19.8 Å². The summed E-state index contributed by atoms with van der Waals surface area (Å²) < 4.78 is 0. The molecule has 5 heteroatoms. The van der Waals surface area contributed by atoms with Crippen LogP contribution < -0.4 is 5.32 Å². The Morgan fingerprint density at radius 2 is 1.95 bits per heavy atom. The van der Waals surface area contributed by atoms with Crippen LogP contribution in [0.25, 0.3) is 0 Å². The molecule has 0 bridgehead atoms. The smallest absolute Gasteiger partial charge is 0.414 e. The molecular formula is C14H15NO4. The Hall–Kier alpha value is -2.32. The standard InChI is InChI=1S/C12H13N.C2H2O4/c1-2-9-13-12-8-7-10-5-3-4-6-11(10)12;3-1(4)2(5)6/h1,3-6,12-13H,7-9H2;(H,3,4)(H,5,6). The van der Waals surface area contributed by atoms with E-state index in [1.54, 1.807) is 0 Å². The Morgan fingerprint density at radius 1 is 1.32 bits per heavy atom. The molecule has 3 N–H and O–H groups in total. The Kier molecular flexibility index (Phi) is 5.58. The summed E-state index contributed by atoms with van der Waals surface area (Å²) in [6.07, 6.45) is 7.57. The Balaban J connectivity index is 0.000000258. The highest BCUT2D eigenvalue weighted by Crippen LogP contribution is 2.30. The molecule has 100 valence electrons. The van der Waals surface area contributed by atoms with Crippen LogP contribution in [0.4, 0.5) is 0 Å². The van der Waals surface area contributed by atoms with E-state index in [9.17, 15) is 0 Å². The molecule has 0 radical (unpaired) electrons.